The zero-order valence-corrected chi connectivity index (χ0v) is 15.1. The number of rotatable bonds is 4. The second-order valence-corrected chi connectivity index (χ2v) is 7.63. The van der Waals surface area contributed by atoms with Crippen molar-refractivity contribution in [1.82, 2.24) is 14.9 Å². The average Bonchev–Trinajstić information content (AvgIpc) is 2.90. The second-order valence-electron chi connectivity index (χ2n) is 6.35. The van der Waals surface area contributed by atoms with E-state index in [-0.39, 0.29) is 5.91 Å². The fourth-order valence-corrected chi connectivity index (χ4v) is 4.00. The summed E-state index contributed by atoms with van der Waals surface area (Å²) in [5.41, 5.74) is 1.03. The molecule has 1 aliphatic rings. The first-order chi connectivity index (χ1) is 11.7. The van der Waals surface area contributed by atoms with Gasteiger partial charge >= 0.3 is 0 Å². The van der Waals surface area contributed by atoms with Crippen molar-refractivity contribution in [3.63, 3.8) is 0 Å². The molecule has 2 aromatic rings. The van der Waals surface area contributed by atoms with Gasteiger partial charge in [0.2, 0.25) is 0 Å². The Labute approximate surface area is 147 Å². The Morgan fingerprint density at radius 2 is 2.17 bits per heavy atom. The van der Waals surface area contributed by atoms with Gasteiger partial charge in [-0.25, -0.2) is 4.98 Å². The lowest BCUT2D eigenvalue weighted by atomic mass is 9.95. The van der Waals surface area contributed by atoms with E-state index in [2.05, 4.69) is 15.3 Å². The molecule has 1 fully saturated rings. The molecule has 0 radical (unpaired) electrons. The molecule has 0 aromatic carbocycles. The smallest absolute Gasteiger partial charge is 0.263 e. The number of anilines is 1. The number of likely N-dealkylation sites (tertiary alicyclic amines) is 1. The maximum Gasteiger partial charge on any atom is 0.263 e. The van der Waals surface area contributed by atoms with E-state index in [4.69, 9.17) is 0 Å². The van der Waals surface area contributed by atoms with Gasteiger partial charge < -0.3 is 10.2 Å². The van der Waals surface area contributed by atoms with Gasteiger partial charge in [0.25, 0.3) is 5.91 Å². The van der Waals surface area contributed by atoms with E-state index < -0.39 is 0 Å². The van der Waals surface area contributed by atoms with Crippen LogP contribution in [0.1, 0.15) is 39.5 Å². The summed E-state index contributed by atoms with van der Waals surface area (Å²) in [5, 5.41) is 2.99. The van der Waals surface area contributed by atoms with Gasteiger partial charge in [0.15, 0.2) is 0 Å². The topological polar surface area (TPSA) is 58.1 Å². The summed E-state index contributed by atoms with van der Waals surface area (Å²) in [4.78, 5) is 25.5. The van der Waals surface area contributed by atoms with E-state index in [0.717, 1.165) is 55.2 Å². The Morgan fingerprint density at radius 3 is 2.83 bits per heavy atom. The number of amides is 1. The molecule has 0 bridgehead atoms. The number of thiophene rings is 1. The average molecular weight is 344 g/mol. The molecule has 1 atom stereocenters. The molecule has 0 unspecified atom stereocenters. The molecule has 1 amide bonds. The molecule has 2 aromatic heterocycles. The molecule has 6 heteroatoms. The molecule has 1 saturated heterocycles. The largest absolute Gasteiger partial charge is 0.372 e. The van der Waals surface area contributed by atoms with Crippen molar-refractivity contribution in [2.24, 2.45) is 5.92 Å². The summed E-state index contributed by atoms with van der Waals surface area (Å²) >= 11 is 1.59. The highest BCUT2D eigenvalue weighted by Crippen LogP contribution is 2.24. The number of carbonyl (C=O) groups excluding carboxylic acids is 1. The van der Waals surface area contributed by atoms with Crippen LogP contribution in [0.4, 0.5) is 5.82 Å². The van der Waals surface area contributed by atoms with E-state index >= 15 is 0 Å². The Balaban J connectivity index is 1.57. The lowest BCUT2D eigenvalue weighted by Crippen LogP contribution is -2.31. The zero-order valence-electron chi connectivity index (χ0n) is 14.3. The third kappa shape index (κ3) is 4.12. The van der Waals surface area contributed by atoms with Crippen LogP contribution in [0.25, 0.3) is 0 Å². The van der Waals surface area contributed by atoms with Crippen molar-refractivity contribution >= 4 is 23.1 Å². The maximum absolute atomic E-state index is 12.6. The lowest BCUT2D eigenvalue weighted by Gasteiger charge is -2.19. The Morgan fingerprint density at radius 1 is 1.29 bits per heavy atom. The molecule has 3 heterocycles. The minimum Gasteiger partial charge on any atom is -0.372 e. The minimum absolute atomic E-state index is 0.187. The molecule has 24 heavy (non-hydrogen) atoms. The van der Waals surface area contributed by atoms with E-state index in [1.807, 2.05) is 37.2 Å². The summed E-state index contributed by atoms with van der Waals surface area (Å²) in [6, 6.07) is 3.97. The summed E-state index contributed by atoms with van der Waals surface area (Å²) in [6.45, 7) is 3.74. The third-order valence-corrected chi connectivity index (χ3v) is 5.53. The predicted molar refractivity (Wildman–Crippen MR) is 97.6 cm³/mol. The first kappa shape index (κ1) is 16.9. The minimum atomic E-state index is 0.187. The molecular formula is C18H24N4OS. The normalized spacial score (nSPS) is 18.2. The third-order valence-electron chi connectivity index (χ3n) is 4.55. The maximum atomic E-state index is 12.6. The van der Waals surface area contributed by atoms with Crippen LogP contribution in [-0.4, -0.2) is 40.9 Å². The van der Waals surface area contributed by atoms with Crippen molar-refractivity contribution in [2.45, 2.75) is 32.6 Å². The lowest BCUT2D eigenvalue weighted by molar-refractivity contribution is 0.0765. The molecular weight excluding hydrogens is 320 g/mol. The van der Waals surface area contributed by atoms with Crippen molar-refractivity contribution in [3.05, 3.63) is 40.0 Å². The quantitative estimate of drug-likeness (QED) is 0.924. The Bertz CT molecular complexity index is 683. The van der Waals surface area contributed by atoms with Crippen LogP contribution in [0.2, 0.25) is 0 Å². The van der Waals surface area contributed by atoms with Crippen molar-refractivity contribution in [3.8, 4) is 0 Å². The van der Waals surface area contributed by atoms with E-state index in [9.17, 15) is 4.79 Å². The van der Waals surface area contributed by atoms with E-state index in [0.29, 0.717) is 5.92 Å². The molecule has 0 spiro atoms. The standard InChI is InChI=1S/C18H24N4OS/c1-13-5-6-16(24-13)18(23)22-8-3-4-14(7-9-22)10-15-11-21-17(19-2)12-20-15/h5-6,11-12,14H,3-4,7-10H2,1-2H3,(H,19,21)/t14-/m0/s1. The summed E-state index contributed by atoms with van der Waals surface area (Å²) in [7, 11) is 1.84. The van der Waals surface area contributed by atoms with E-state index in [1.54, 1.807) is 17.5 Å². The molecule has 0 saturated carbocycles. The monoisotopic (exact) mass is 344 g/mol. The zero-order chi connectivity index (χ0) is 16.9. The van der Waals surface area contributed by atoms with Gasteiger partial charge in [-0.1, -0.05) is 0 Å². The van der Waals surface area contributed by atoms with Gasteiger partial charge in [0.1, 0.15) is 5.82 Å². The second kappa shape index (κ2) is 7.75. The van der Waals surface area contributed by atoms with Crippen LogP contribution < -0.4 is 5.32 Å². The molecule has 3 rings (SSSR count). The molecule has 128 valence electrons. The number of nitrogens with one attached hydrogen (secondary N) is 1. The van der Waals surface area contributed by atoms with Gasteiger partial charge in [-0.05, 0) is 50.7 Å². The van der Waals surface area contributed by atoms with Crippen molar-refractivity contribution in [1.29, 1.82) is 0 Å². The van der Waals surface area contributed by atoms with Crippen LogP contribution in [0.5, 0.6) is 0 Å². The first-order valence-electron chi connectivity index (χ1n) is 8.50. The Kier molecular flexibility index (Phi) is 5.45. The number of aryl methyl sites for hydroxylation is 1. The predicted octanol–water partition coefficient (Wildman–Crippen LogP) is 3.37. The van der Waals surface area contributed by atoms with Crippen molar-refractivity contribution in [2.75, 3.05) is 25.5 Å². The molecule has 0 aliphatic carbocycles. The van der Waals surface area contributed by atoms with Crippen LogP contribution in [0.15, 0.2) is 24.5 Å². The van der Waals surface area contributed by atoms with Gasteiger partial charge in [-0.3, -0.25) is 9.78 Å². The van der Waals surface area contributed by atoms with Gasteiger partial charge in [-0.2, -0.15) is 0 Å². The van der Waals surface area contributed by atoms with Crippen LogP contribution in [-0.2, 0) is 6.42 Å². The summed E-state index contributed by atoms with van der Waals surface area (Å²) < 4.78 is 0. The van der Waals surface area contributed by atoms with Crippen LogP contribution in [0, 0.1) is 12.8 Å². The SMILES string of the molecule is CNc1cnc(C[C@H]2CCCN(C(=O)c3ccc(C)s3)CC2)cn1. The summed E-state index contributed by atoms with van der Waals surface area (Å²) in [6.07, 6.45) is 7.81. The van der Waals surface area contributed by atoms with Crippen molar-refractivity contribution < 1.29 is 4.79 Å². The highest BCUT2D eigenvalue weighted by Gasteiger charge is 2.22. The van der Waals surface area contributed by atoms with Gasteiger partial charge in [0, 0.05) is 25.0 Å². The molecule has 5 nitrogen and oxygen atoms in total. The highest BCUT2D eigenvalue weighted by molar-refractivity contribution is 7.13. The fraction of sp³-hybridized carbons (Fsp3) is 0.500. The van der Waals surface area contributed by atoms with Crippen LogP contribution >= 0.6 is 11.3 Å². The van der Waals surface area contributed by atoms with Gasteiger partial charge in [-0.15, -0.1) is 11.3 Å². The number of nitrogens with zero attached hydrogens (tertiary/aromatic N) is 3. The number of carbonyl (C=O) groups is 1. The molecule has 1 aliphatic heterocycles. The number of hydrogen-bond donors (Lipinski definition) is 1. The number of hydrogen-bond acceptors (Lipinski definition) is 5. The van der Waals surface area contributed by atoms with E-state index in [1.165, 1.54) is 4.88 Å². The summed E-state index contributed by atoms with van der Waals surface area (Å²) in [5.74, 6) is 1.55. The Hall–Kier alpha value is -1.95. The fourth-order valence-electron chi connectivity index (χ4n) is 3.16. The van der Waals surface area contributed by atoms with Gasteiger partial charge in [0.05, 0.1) is 23.0 Å². The number of aromatic nitrogens is 2. The molecule has 1 N–H and O–H groups in total. The van der Waals surface area contributed by atoms with Crippen LogP contribution in [0.3, 0.4) is 0 Å². The first-order valence-corrected chi connectivity index (χ1v) is 9.31. The highest BCUT2D eigenvalue weighted by atomic mass is 32.1.